The van der Waals surface area contributed by atoms with Gasteiger partial charge in [0.15, 0.2) is 11.5 Å². The summed E-state index contributed by atoms with van der Waals surface area (Å²) >= 11 is 0. The Labute approximate surface area is 174 Å². The average Bonchev–Trinajstić information content (AvgIpc) is 2.66. The normalized spacial score (nSPS) is 16.1. The van der Waals surface area contributed by atoms with Crippen LogP contribution < -0.4 is 20.1 Å². The van der Waals surface area contributed by atoms with Crippen molar-refractivity contribution in [2.75, 3.05) is 13.7 Å². The van der Waals surface area contributed by atoms with Crippen molar-refractivity contribution in [3.8, 4) is 11.5 Å². The van der Waals surface area contributed by atoms with Crippen molar-refractivity contribution >= 4 is 17.7 Å². The van der Waals surface area contributed by atoms with Gasteiger partial charge in [-0.15, -0.1) is 0 Å². The van der Waals surface area contributed by atoms with Gasteiger partial charge in [0, 0.05) is 5.70 Å². The molecule has 2 N–H and O–H groups in total. The van der Waals surface area contributed by atoms with Gasteiger partial charge >= 0.3 is 12.0 Å². The van der Waals surface area contributed by atoms with Gasteiger partial charge in [0.25, 0.3) is 5.69 Å². The highest BCUT2D eigenvalue weighted by Gasteiger charge is 2.38. The molecule has 1 atom stereocenters. The Bertz CT molecular complexity index is 864. The summed E-state index contributed by atoms with van der Waals surface area (Å²) in [6.45, 7) is 7.35. The third-order valence-electron chi connectivity index (χ3n) is 4.34. The Morgan fingerprint density at radius 3 is 2.50 bits per heavy atom. The maximum absolute atomic E-state index is 12.9. The van der Waals surface area contributed by atoms with Gasteiger partial charge in [-0.3, -0.25) is 10.1 Å². The number of ether oxygens (including phenoxy) is 3. The molecule has 1 aromatic rings. The fourth-order valence-electron chi connectivity index (χ4n) is 3.20. The summed E-state index contributed by atoms with van der Waals surface area (Å²) in [5.74, 6) is -0.215. The van der Waals surface area contributed by atoms with Gasteiger partial charge in [-0.1, -0.05) is 13.3 Å². The molecule has 0 saturated carbocycles. The molecule has 0 fully saturated rings. The molecule has 1 heterocycles. The maximum Gasteiger partial charge on any atom is 0.338 e. The van der Waals surface area contributed by atoms with E-state index in [1.807, 2.05) is 6.92 Å². The average molecular weight is 421 g/mol. The number of rotatable bonds is 9. The molecule has 0 radical (unpaired) electrons. The highest BCUT2D eigenvalue weighted by molar-refractivity contribution is 5.95. The van der Waals surface area contributed by atoms with E-state index < -0.39 is 29.1 Å². The van der Waals surface area contributed by atoms with Crippen molar-refractivity contribution in [2.45, 2.75) is 52.7 Å². The molecular formula is C20H27N3O7. The van der Waals surface area contributed by atoms with Crippen LogP contribution in [0, 0.1) is 10.1 Å². The number of carbonyl (C=O) groups excluding carboxylic acids is 2. The monoisotopic (exact) mass is 421 g/mol. The van der Waals surface area contributed by atoms with E-state index >= 15 is 0 Å². The second-order valence-corrected chi connectivity index (χ2v) is 6.88. The maximum atomic E-state index is 12.9. The lowest BCUT2D eigenvalue weighted by Gasteiger charge is -2.30. The van der Waals surface area contributed by atoms with Crippen LogP contribution >= 0.6 is 0 Å². The van der Waals surface area contributed by atoms with Crippen LogP contribution in [0.4, 0.5) is 10.5 Å². The summed E-state index contributed by atoms with van der Waals surface area (Å²) in [5.41, 5.74) is 0.289. The smallest absolute Gasteiger partial charge is 0.338 e. The Kier molecular flexibility index (Phi) is 7.62. The second kappa shape index (κ2) is 9.95. The Morgan fingerprint density at radius 1 is 1.27 bits per heavy atom. The lowest BCUT2D eigenvalue weighted by Crippen LogP contribution is -2.46. The van der Waals surface area contributed by atoms with E-state index in [1.54, 1.807) is 20.8 Å². The first kappa shape index (κ1) is 23.0. The SMILES string of the molecule is CCCC1=C(C(=O)OC(C)C)C(c2cc(OCC)c(OC)cc2[N+](=O)[O-])NC(=O)N1. The number of allylic oxidation sites excluding steroid dienone is 1. The zero-order chi connectivity index (χ0) is 22.4. The predicted octanol–water partition coefficient (Wildman–Crippen LogP) is 3.36. The number of benzene rings is 1. The summed E-state index contributed by atoms with van der Waals surface area (Å²) in [6, 6.07) is 0.993. The minimum atomic E-state index is -1.09. The highest BCUT2D eigenvalue weighted by atomic mass is 16.6. The molecule has 164 valence electrons. The molecule has 0 saturated heterocycles. The van der Waals surface area contributed by atoms with Crippen LogP contribution in [-0.4, -0.2) is 36.7 Å². The van der Waals surface area contributed by atoms with E-state index in [0.717, 1.165) is 0 Å². The van der Waals surface area contributed by atoms with E-state index in [9.17, 15) is 19.7 Å². The predicted molar refractivity (Wildman–Crippen MR) is 108 cm³/mol. The van der Waals surface area contributed by atoms with Crippen LogP contribution in [0.15, 0.2) is 23.4 Å². The van der Waals surface area contributed by atoms with Crippen molar-refractivity contribution in [1.82, 2.24) is 10.6 Å². The first-order valence-electron chi connectivity index (χ1n) is 9.74. The molecule has 1 unspecified atom stereocenters. The minimum absolute atomic E-state index is 0.100. The van der Waals surface area contributed by atoms with Crippen molar-refractivity contribution in [1.29, 1.82) is 0 Å². The van der Waals surface area contributed by atoms with Gasteiger partial charge in [-0.2, -0.15) is 0 Å². The zero-order valence-electron chi connectivity index (χ0n) is 17.7. The summed E-state index contributed by atoms with van der Waals surface area (Å²) in [6.07, 6.45) is 0.640. The van der Waals surface area contributed by atoms with E-state index in [1.165, 1.54) is 19.2 Å². The van der Waals surface area contributed by atoms with E-state index in [0.29, 0.717) is 25.1 Å². The molecule has 1 aliphatic rings. The number of urea groups is 1. The molecule has 1 aromatic carbocycles. The van der Waals surface area contributed by atoms with Gasteiger partial charge in [0.05, 0.1) is 48.0 Å². The third kappa shape index (κ3) is 5.00. The molecule has 0 bridgehead atoms. The van der Waals surface area contributed by atoms with E-state index in [4.69, 9.17) is 14.2 Å². The van der Waals surface area contributed by atoms with Crippen LogP contribution in [0.1, 0.15) is 52.1 Å². The third-order valence-corrected chi connectivity index (χ3v) is 4.34. The Morgan fingerprint density at radius 2 is 1.97 bits per heavy atom. The first-order chi connectivity index (χ1) is 14.2. The molecule has 0 aromatic heterocycles. The molecule has 30 heavy (non-hydrogen) atoms. The molecule has 10 nitrogen and oxygen atoms in total. The van der Waals surface area contributed by atoms with Crippen LogP contribution in [-0.2, 0) is 9.53 Å². The molecule has 2 rings (SSSR count). The zero-order valence-corrected chi connectivity index (χ0v) is 17.7. The molecule has 0 spiro atoms. The molecule has 2 amide bonds. The first-order valence-corrected chi connectivity index (χ1v) is 9.74. The van der Waals surface area contributed by atoms with Crippen LogP contribution in [0.25, 0.3) is 0 Å². The van der Waals surface area contributed by atoms with Crippen LogP contribution in [0.3, 0.4) is 0 Å². The van der Waals surface area contributed by atoms with Crippen molar-refractivity contribution in [3.63, 3.8) is 0 Å². The summed E-state index contributed by atoms with van der Waals surface area (Å²) in [5, 5.41) is 17.0. The number of hydrogen-bond acceptors (Lipinski definition) is 7. The summed E-state index contributed by atoms with van der Waals surface area (Å²) < 4.78 is 16.1. The largest absolute Gasteiger partial charge is 0.493 e. The molecule has 1 aliphatic heterocycles. The summed E-state index contributed by atoms with van der Waals surface area (Å²) in [4.78, 5) is 36.4. The van der Waals surface area contributed by atoms with Gasteiger partial charge in [0.2, 0.25) is 0 Å². The van der Waals surface area contributed by atoms with Gasteiger partial charge in [-0.25, -0.2) is 9.59 Å². The van der Waals surface area contributed by atoms with Gasteiger partial charge < -0.3 is 24.8 Å². The second-order valence-electron chi connectivity index (χ2n) is 6.88. The standard InChI is InChI=1S/C20H27N3O7/c1-6-8-13-17(19(24)30-11(3)4)18(22-20(25)21-13)12-9-16(29-7-2)15(28-5)10-14(12)23(26)27/h9-11,18H,6-8H2,1-5H3,(H2,21,22,25). The van der Waals surface area contributed by atoms with Gasteiger partial charge in [-0.05, 0) is 33.3 Å². The number of nitrogens with one attached hydrogen (secondary N) is 2. The van der Waals surface area contributed by atoms with Crippen LogP contribution in [0.5, 0.6) is 11.5 Å². The fraction of sp³-hybridized carbons (Fsp3) is 0.500. The minimum Gasteiger partial charge on any atom is -0.493 e. The number of amides is 2. The number of nitro groups is 1. The van der Waals surface area contributed by atoms with Crippen molar-refractivity contribution in [2.24, 2.45) is 0 Å². The molecule has 0 aliphatic carbocycles. The molecule has 10 heteroatoms. The van der Waals surface area contributed by atoms with Crippen molar-refractivity contribution < 1.29 is 28.7 Å². The molecular weight excluding hydrogens is 394 g/mol. The Hall–Kier alpha value is -3.30. The van der Waals surface area contributed by atoms with Crippen LogP contribution in [0.2, 0.25) is 0 Å². The van der Waals surface area contributed by atoms with Crippen molar-refractivity contribution in [3.05, 3.63) is 39.1 Å². The quantitative estimate of drug-likeness (QED) is 0.355. The number of esters is 1. The topological polar surface area (TPSA) is 129 Å². The van der Waals surface area contributed by atoms with Gasteiger partial charge in [0.1, 0.15) is 0 Å². The number of nitro benzene ring substituents is 1. The lowest BCUT2D eigenvalue weighted by atomic mass is 9.92. The summed E-state index contributed by atoms with van der Waals surface area (Å²) in [7, 11) is 1.37. The number of carbonyl (C=O) groups is 2. The van der Waals surface area contributed by atoms with E-state index in [-0.39, 0.29) is 28.3 Å². The number of methoxy groups -OCH3 is 1. The van der Waals surface area contributed by atoms with E-state index in [2.05, 4.69) is 10.6 Å². The Balaban J connectivity index is 2.74. The highest BCUT2D eigenvalue weighted by Crippen LogP contribution is 2.41. The number of hydrogen-bond donors (Lipinski definition) is 2. The number of nitrogens with zero attached hydrogens (tertiary/aromatic N) is 1. The fourth-order valence-corrected chi connectivity index (χ4v) is 3.20. The lowest BCUT2D eigenvalue weighted by molar-refractivity contribution is -0.385.